The average Bonchev–Trinajstić information content (AvgIpc) is 2.65. The molecule has 0 heterocycles. The van der Waals surface area contributed by atoms with Gasteiger partial charge in [0.25, 0.3) is 0 Å². The van der Waals surface area contributed by atoms with Crippen LogP contribution in [0.25, 0.3) is 10.8 Å². The molecule has 0 aliphatic carbocycles. The Kier molecular flexibility index (Phi) is 5.95. The normalized spacial score (nSPS) is 13.7. The molecule has 0 saturated carbocycles. The summed E-state index contributed by atoms with van der Waals surface area (Å²) in [6.07, 6.45) is 0. The fourth-order valence-corrected chi connectivity index (χ4v) is 4.14. The van der Waals surface area contributed by atoms with Crippen LogP contribution in [0.2, 0.25) is 0 Å². The summed E-state index contributed by atoms with van der Waals surface area (Å²) in [6.45, 7) is 1.54. The first-order chi connectivity index (χ1) is 13.9. The number of methoxy groups -OCH3 is 1. The zero-order chi connectivity index (χ0) is 22.3. The maximum atomic E-state index is 10.2. The molecule has 0 aromatic heterocycles. The van der Waals surface area contributed by atoms with Gasteiger partial charge >= 0.3 is 0 Å². The summed E-state index contributed by atoms with van der Waals surface area (Å²) in [5.74, 6) is -0.0731. The van der Waals surface area contributed by atoms with Gasteiger partial charge in [-0.1, -0.05) is 12.1 Å². The van der Waals surface area contributed by atoms with Crippen molar-refractivity contribution >= 4 is 43.9 Å². The lowest BCUT2D eigenvalue weighted by Crippen LogP contribution is -1.99. The average molecular weight is 456 g/mol. The SMILES string of the molecule is COc1cc(S(O)(O)O)c(C)cc1N=Nc1c(O)ccc2cc(S(O)(O)O)ccc12. The number of rotatable bonds is 5. The Morgan fingerprint density at radius 1 is 0.833 bits per heavy atom. The molecule has 0 atom stereocenters. The van der Waals surface area contributed by atoms with E-state index in [4.69, 9.17) is 4.74 Å². The number of ether oxygens (including phenoxy) is 1. The van der Waals surface area contributed by atoms with Gasteiger partial charge in [0.05, 0.1) is 16.9 Å². The van der Waals surface area contributed by atoms with Crippen molar-refractivity contribution in [2.24, 2.45) is 10.2 Å². The first-order valence-corrected chi connectivity index (χ1v) is 11.3. The lowest BCUT2D eigenvalue weighted by Gasteiger charge is -2.22. The van der Waals surface area contributed by atoms with Crippen molar-refractivity contribution in [2.45, 2.75) is 16.7 Å². The van der Waals surface area contributed by atoms with Crippen LogP contribution in [0.1, 0.15) is 5.56 Å². The largest absolute Gasteiger partial charge is 0.506 e. The van der Waals surface area contributed by atoms with Crippen LogP contribution < -0.4 is 4.74 Å². The van der Waals surface area contributed by atoms with Gasteiger partial charge < -0.3 is 37.2 Å². The van der Waals surface area contributed by atoms with E-state index < -0.39 is 21.7 Å². The highest BCUT2D eigenvalue weighted by Gasteiger charge is 2.21. The Labute approximate surface area is 174 Å². The number of phenolic OH excluding ortho intramolecular Hbond substituents is 1. The van der Waals surface area contributed by atoms with Crippen molar-refractivity contribution in [3.05, 3.63) is 48.0 Å². The van der Waals surface area contributed by atoms with E-state index in [1.165, 1.54) is 49.6 Å². The number of hydrogen-bond donors (Lipinski definition) is 7. The Morgan fingerprint density at radius 2 is 1.53 bits per heavy atom. The number of phenols is 1. The second-order valence-corrected chi connectivity index (χ2v) is 9.33. The van der Waals surface area contributed by atoms with E-state index in [1.54, 1.807) is 6.92 Å². The van der Waals surface area contributed by atoms with Gasteiger partial charge in [-0.2, -0.15) is 0 Å². The topological polar surface area (TPSA) is 176 Å². The standard InChI is InChI=1S/C18H20N2O8S2/c1-10-7-14(16(28-2)9-17(10)30(25,26)27)19-20-18-13-5-4-12(29(22,23)24)8-11(13)3-6-15(18)21/h3-9,21-27H,1-2H3. The number of aromatic hydroxyl groups is 1. The number of fused-ring (bicyclic) bond motifs is 1. The van der Waals surface area contributed by atoms with Crippen LogP contribution in [0, 0.1) is 6.92 Å². The highest BCUT2D eigenvalue weighted by molar-refractivity contribution is 8.19. The second-order valence-electron chi connectivity index (χ2n) is 6.34. The first-order valence-electron chi connectivity index (χ1n) is 8.29. The van der Waals surface area contributed by atoms with Gasteiger partial charge in [-0.15, -0.1) is 10.2 Å². The summed E-state index contributed by atoms with van der Waals surface area (Å²) in [7, 11) is -6.51. The van der Waals surface area contributed by atoms with E-state index in [1.807, 2.05) is 0 Å². The molecule has 0 spiro atoms. The van der Waals surface area contributed by atoms with Crippen LogP contribution in [-0.4, -0.2) is 39.5 Å². The number of aryl methyl sites for hydroxylation is 1. The Morgan fingerprint density at radius 3 is 2.13 bits per heavy atom. The lowest BCUT2D eigenvalue weighted by atomic mass is 10.1. The van der Waals surface area contributed by atoms with Gasteiger partial charge in [-0.05, 0) is 42.1 Å². The van der Waals surface area contributed by atoms with Crippen molar-refractivity contribution in [3.8, 4) is 11.5 Å². The van der Waals surface area contributed by atoms with Crippen LogP contribution in [0.5, 0.6) is 11.5 Å². The third-order valence-corrected chi connectivity index (χ3v) is 6.20. The summed E-state index contributed by atoms with van der Waals surface area (Å²) < 4.78 is 62.0. The summed E-state index contributed by atoms with van der Waals surface area (Å²) in [5, 5.41) is 19.3. The number of azo groups is 1. The summed E-state index contributed by atoms with van der Waals surface area (Å²) in [6, 6.07) is 9.64. The maximum absolute atomic E-state index is 10.2. The highest BCUT2D eigenvalue weighted by Crippen LogP contribution is 2.49. The third kappa shape index (κ3) is 4.50. The summed E-state index contributed by atoms with van der Waals surface area (Å²) in [4.78, 5) is -0.193. The molecule has 7 N–H and O–H groups in total. The molecule has 0 saturated heterocycles. The molecule has 0 fully saturated rings. The van der Waals surface area contributed by atoms with E-state index in [0.717, 1.165) is 0 Å². The molecule has 12 heteroatoms. The van der Waals surface area contributed by atoms with E-state index in [-0.39, 0.29) is 32.7 Å². The number of nitrogens with zero attached hydrogens (tertiary/aromatic N) is 2. The van der Waals surface area contributed by atoms with E-state index in [9.17, 15) is 32.4 Å². The molecule has 0 unspecified atom stereocenters. The van der Waals surface area contributed by atoms with Crippen molar-refractivity contribution in [3.63, 3.8) is 0 Å². The smallest absolute Gasteiger partial charge is 0.147 e. The van der Waals surface area contributed by atoms with Crippen molar-refractivity contribution < 1.29 is 37.2 Å². The quantitative estimate of drug-likeness (QED) is 0.214. The molecule has 0 amide bonds. The van der Waals surface area contributed by atoms with E-state index >= 15 is 0 Å². The lowest BCUT2D eigenvalue weighted by molar-refractivity contribution is 0.372. The molecule has 30 heavy (non-hydrogen) atoms. The summed E-state index contributed by atoms with van der Waals surface area (Å²) in [5.41, 5.74) is 0.635. The van der Waals surface area contributed by atoms with Crippen LogP contribution in [0.4, 0.5) is 11.4 Å². The summed E-state index contributed by atoms with van der Waals surface area (Å²) >= 11 is 0. The van der Waals surface area contributed by atoms with Crippen LogP contribution >= 0.6 is 21.7 Å². The van der Waals surface area contributed by atoms with Crippen molar-refractivity contribution in [1.82, 2.24) is 0 Å². The molecule has 0 bridgehead atoms. The highest BCUT2D eigenvalue weighted by atomic mass is 32.3. The van der Waals surface area contributed by atoms with Crippen molar-refractivity contribution in [1.29, 1.82) is 0 Å². The van der Waals surface area contributed by atoms with Gasteiger partial charge in [-0.25, -0.2) is 0 Å². The minimum atomic E-state index is -3.95. The Bertz CT molecular complexity index is 1140. The van der Waals surface area contributed by atoms with E-state index in [0.29, 0.717) is 16.3 Å². The minimum Gasteiger partial charge on any atom is -0.506 e. The number of benzene rings is 3. The molecular weight excluding hydrogens is 436 g/mol. The predicted molar refractivity (Wildman–Crippen MR) is 115 cm³/mol. The number of hydrogen-bond acceptors (Lipinski definition) is 10. The van der Waals surface area contributed by atoms with Crippen LogP contribution in [0.15, 0.2) is 62.5 Å². The zero-order valence-electron chi connectivity index (χ0n) is 15.8. The molecule has 3 rings (SSSR count). The molecule has 10 nitrogen and oxygen atoms in total. The fraction of sp³-hybridized carbons (Fsp3) is 0.111. The van der Waals surface area contributed by atoms with Gasteiger partial charge in [-0.3, -0.25) is 0 Å². The predicted octanol–water partition coefficient (Wildman–Crippen LogP) is 6.44. The van der Waals surface area contributed by atoms with Crippen molar-refractivity contribution in [2.75, 3.05) is 7.11 Å². The second kappa shape index (κ2) is 8.02. The third-order valence-electron chi connectivity index (χ3n) is 4.29. The molecule has 3 aromatic carbocycles. The molecule has 162 valence electrons. The molecule has 0 radical (unpaired) electrons. The Balaban J connectivity index is 2.10. The van der Waals surface area contributed by atoms with Crippen LogP contribution in [-0.2, 0) is 0 Å². The van der Waals surface area contributed by atoms with Gasteiger partial charge in [0.15, 0.2) is 0 Å². The van der Waals surface area contributed by atoms with E-state index in [2.05, 4.69) is 10.2 Å². The monoisotopic (exact) mass is 456 g/mol. The van der Waals surface area contributed by atoms with Gasteiger partial charge in [0.1, 0.15) is 44.6 Å². The molecule has 3 aromatic rings. The zero-order valence-corrected chi connectivity index (χ0v) is 17.4. The van der Waals surface area contributed by atoms with Gasteiger partial charge in [0, 0.05) is 11.5 Å². The van der Waals surface area contributed by atoms with Gasteiger partial charge in [0.2, 0.25) is 0 Å². The molecular formula is C18H20N2O8S2. The minimum absolute atomic E-state index is 0.0838. The first kappa shape index (κ1) is 22.3. The Hall–Kier alpha value is -2.42. The van der Waals surface area contributed by atoms with Crippen LogP contribution in [0.3, 0.4) is 0 Å². The maximum Gasteiger partial charge on any atom is 0.147 e. The fourth-order valence-electron chi connectivity index (χ4n) is 2.85. The molecule has 0 aliphatic heterocycles. The molecule has 0 aliphatic rings.